The van der Waals surface area contributed by atoms with Crippen LogP contribution in [-0.4, -0.2) is 9.13 Å². The molecule has 7 aromatic carbocycles. The SMILES string of the molecule is CC1(C)c2ccccc2-c2c3c1cccc3cc1c2c2ccccc2n1-c1ccc2c3ccccc3n(-c3ccccc3)c2c1. The molecule has 1 aliphatic rings. The van der Waals surface area contributed by atoms with E-state index in [1.165, 1.54) is 88.0 Å². The zero-order chi connectivity index (χ0) is 29.9. The molecule has 45 heavy (non-hydrogen) atoms. The molecule has 0 fully saturated rings. The predicted molar refractivity (Wildman–Crippen MR) is 190 cm³/mol. The van der Waals surface area contributed by atoms with Gasteiger partial charge >= 0.3 is 0 Å². The molecule has 0 saturated carbocycles. The topological polar surface area (TPSA) is 9.86 Å². The zero-order valence-electron chi connectivity index (χ0n) is 25.3. The van der Waals surface area contributed by atoms with Gasteiger partial charge in [-0.15, -0.1) is 0 Å². The van der Waals surface area contributed by atoms with Crippen molar-refractivity contribution in [3.63, 3.8) is 0 Å². The van der Waals surface area contributed by atoms with Gasteiger partial charge in [0.25, 0.3) is 0 Å². The van der Waals surface area contributed by atoms with Crippen molar-refractivity contribution in [1.29, 1.82) is 0 Å². The van der Waals surface area contributed by atoms with Gasteiger partial charge < -0.3 is 9.13 Å². The number of hydrogen-bond acceptors (Lipinski definition) is 0. The molecule has 0 bridgehead atoms. The lowest BCUT2D eigenvalue weighted by Gasteiger charge is -2.35. The van der Waals surface area contributed by atoms with Crippen LogP contribution >= 0.6 is 0 Å². The first-order chi connectivity index (χ1) is 22.1. The van der Waals surface area contributed by atoms with E-state index in [1.807, 2.05) is 0 Å². The Morgan fingerprint density at radius 2 is 1.07 bits per heavy atom. The van der Waals surface area contributed by atoms with Crippen LogP contribution < -0.4 is 0 Å². The molecule has 212 valence electrons. The smallest absolute Gasteiger partial charge is 0.0561 e. The molecule has 1 aliphatic carbocycles. The summed E-state index contributed by atoms with van der Waals surface area (Å²) in [5.41, 5.74) is 12.7. The number of fused-ring (bicyclic) bond motifs is 9. The lowest BCUT2D eigenvalue weighted by atomic mass is 9.68. The van der Waals surface area contributed by atoms with Crippen LogP contribution in [0.4, 0.5) is 0 Å². The number of hydrogen-bond donors (Lipinski definition) is 0. The second-order valence-electron chi connectivity index (χ2n) is 13.0. The van der Waals surface area contributed by atoms with Gasteiger partial charge in [-0.1, -0.05) is 117 Å². The molecule has 2 aromatic heterocycles. The van der Waals surface area contributed by atoms with Gasteiger partial charge in [0, 0.05) is 43.9 Å². The van der Waals surface area contributed by atoms with Crippen molar-refractivity contribution in [1.82, 2.24) is 9.13 Å². The van der Waals surface area contributed by atoms with E-state index >= 15 is 0 Å². The van der Waals surface area contributed by atoms with Crippen molar-refractivity contribution in [2.24, 2.45) is 0 Å². The number of benzene rings is 7. The first-order valence-electron chi connectivity index (χ1n) is 15.8. The number of rotatable bonds is 2. The van der Waals surface area contributed by atoms with Gasteiger partial charge in [-0.2, -0.15) is 0 Å². The Kier molecular flexibility index (Phi) is 4.82. The lowest BCUT2D eigenvalue weighted by Crippen LogP contribution is -2.23. The van der Waals surface area contributed by atoms with Gasteiger partial charge in [0.15, 0.2) is 0 Å². The molecule has 2 nitrogen and oxygen atoms in total. The Bertz CT molecular complexity index is 2670. The van der Waals surface area contributed by atoms with E-state index in [0.717, 1.165) is 0 Å². The highest BCUT2D eigenvalue weighted by atomic mass is 15.0. The van der Waals surface area contributed by atoms with Crippen LogP contribution in [-0.2, 0) is 5.41 Å². The van der Waals surface area contributed by atoms with Crippen molar-refractivity contribution < 1.29 is 0 Å². The molecule has 9 aromatic rings. The third kappa shape index (κ3) is 3.18. The molecule has 0 radical (unpaired) electrons. The van der Waals surface area contributed by atoms with Crippen molar-refractivity contribution in [3.05, 3.63) is 157 Å². The standard InChI is InChI=1S/C43H30N2/c1-43(2)34-19-9-6-17-32(34)42-40-27(13-12-20-35(40)43)25-39-41(42)33-18-8-11-22-37(33)45(39)29-23-24-31-30-16-7-10-21-36(30)44(38(31)26-29)28-14-4-3-5-15-28/h3-26H,1-2H3. The second-order valence-corrected chi connectivity index (χ2v) is 13.0. The van der Waals surface area contributed by atoms with Crippen LogP contribution in [0.15, 0.2) is 146 Å². The van der Waals surface area contributed by atoms with E-state index in [-0.39, 0.29) is 5.41 Å². The minimum absolute atomic E-state index is 0.0783. The Labute approximate surface area is 261 Å². The van der Waals surface area contributed by atoms with E-state index in [1.54, 1.807) is 0 Å². The minimum atomic E-state index is -0.0783. The van der Waals surface area contributed by atoms with E-state index in [4.69, 9.17) is 0 Å². The average molecular weight is 575 g/mol. The fourth-order valence-electron chi connectivity index (χ4n) is 8.31. The molecular weight excluding hydrogens is 544 g/mol. The number of para-hydroxylation sites is 3. The summed E-state index contributed by atoms with van der Waals surface area (Å²) in [6, 6.07) is 53.8. The van der Waals surface area contributed by atoms with Gasteiger partial charge in [0.05, 0.1) is 22.1 Å². The molecule has 2 heterocycles. The maximum Gasteiger partial charge on any atom is 0.0561 e. The molecule has 0 spiro atoms. The summed E-state index contributed by atoms with van der Waals surface area (Å²) >= 11 is 0. The molecule has 0 N–H and O–H groups in total. The van der Waals surface area contributed by atoms with E-state index in [2.05, 4.69) is 169 Å². The molecule has 0 atom stereocenters. The molecule has 0 unspecified atom stereocenters. The first kappa shape index (κ1) is 24.8. The fourth-order valence-corrected chi connectivity index (χ4v) is 8.31. The minimum Gasteiger partial charge on any atom is -0.309 e. The third-order valence-electron chi connectivity index (χ3n) is 10.3. The van der Waals surface area contributed by atoms with E-state index in [9.17, 15) is 0 Å². The van der Waals surface area contributed by atoms with Gasteiger partial charge in [-0.3, -0.25) is 0 Å². The molecule has 0 aliphatic heterocycles. The van der Waals surface area contributed by atoms with Gasteiger partial charge in [0.1, 0.15) is 0 Å². The Hall–Kier alpha value is -5.60. The van der Waals surface area contributed by atoms with Crippen LogP contribution in [0.2, 0.25) is 0 Å². The number of aromatic nitrogens is 2. The van der Waals surface area contributed by atoms with Gasteiger partial charge in [0.2, 0.25) is 0 Å². The molecule has 0 saturated heterocycles. The first-order valence-corrected chi connectivity index (χ1v) is 15.8. The van der Waals surface area contributed by atoms with Gasteiger partial charge in [-0.05, 0) is 69.9 Å². The maximum atomic E-state index is 2.49. The zero-order valence-corrected chi connectivity index (χ0v) is 25.3. The average Bonchev–Trinajstić information content (AvgIpc) is 3.59. The van der Waals surface area contributed by atoms with Crippen molar-refractivity contribution in [2.75, 3.05) is 0 Å². The molecule has 0 amide bonds. The highest BCUT2D eigenvalue weighted by molar-refractivity contribution is 6.25. The van der Waals surface area contributed by atoms with Crippen molar-refractivity contribution in [3.8, 4) is 22.5 Å². The quantitative estimate of drug-likeness (QED) is 0.194. The fraction of sp³-hybridized carbons (Fsp3) is 0.0698. The molecule has 10 rings (SSSR count). The van der Waals surface area contributed by atoms with Crippen molar-refractivity contribution in [2.45, 2.75) is 19.3 Å². The maximum absolute atomic E-state index is 2.49. The predicted octanol–water partition coefficient (Wildman–Crippen LogP) is 11.3. The summed E-state index contributed by atoms with van der Waals surface area (Å²) < 4.78 is 4.90. The summed E-state index contributed by atoms with van der Waals surface area (Å²) in [5, 5.41) is 7.83. The van der Waals surface area contributed by atoms with Crippen LogP contribution in [0.1, 0.15) is 25.0 Å². The van der Waals surface area contributed by atoms with Crippen LogP contribution in [0.25, 0.3) is 76.9 Å². The summed E-state index contributed by atoms with van der Waals surface area (Å²) in [6.45, 7) is 4.75. The third-order valence-corrected chi connectivity index (χ3v) is 10.3. The lowest BCUT2D eigenvalue weighted by molar-refractivity contribution is 0.645. The summed E-state index contributed by atoms with van der Waals surface area (Å²) in [6.07, 6.45) is 0. The Morgan fingerprint density at radius 3 is 1.91 bits per heavy atom. The second kappa shape index (κ2) is 8.74. The molecular formula is C43H30N2. The Balaban J connectivity index is 1.37. The van der Waals surface area contributed by atoms with Crippen molar-refractivity contribution >= 4 is 54.4 Å². The highest BCUT2D eigenvalue weighted by Crippen LogP contribution is 2.53. The van der Waals surface area contributed by atoms with Crippen LogP contribution in [0.3, 0.4) is 0 Å². The van der Waals surface area contributed by atoms with E-state index in [0.29, 0.717) is 0 Å². The largest absolute Gasteiger partial charge is 0.309 e. The summed E-state index contributed by atoms with van der Waals surface area (Å²) in [4.78, 5) is 0. The van der Waals surface area contributed by atoms with Crippen LogP contribution in [0.5, 0.6) is 0 Å². The van der Waals surface area contributed by atoms with E-state index < -0.39 is 0 Å². The summed E-state index contributed by atoms with van der Waals surface area (Å²) in [5.74, 6) is 0. The van der Waals surface area contributed by atoms with Crippen LogP contribution in [0, 0.1) is 0 Å². The molecule has 2 heteroatoms. The highest BCUT2D eigenvalue weighted by Gasteiger charge is 2.35. The normalized spacial score (nSPS) is 13.7. The Morgan fingerprint density at radius 1 is 0.422 bits per heavy atom. The monoisotopic (exact) mass is 574 g/mol. The van der Waals surface area contributed by atoms with Gasteiger partial charge in [-0.25, -0.2) is 0 Å². The summed E-state index contributed by atoms with van der Waals surface area (Å²) in [7, 11) is 0. The number of nitrogens with zero attached hydrogens (tertiary/aromatic N) is 2.